The third kappa shape index (κ3) is 3.74. The SMILES string of the molecule is C[C@@H](Oc1cc(Cl)ccc1Cl)C(=O)N1CCC2(CC1)OCCO2. The van der Waals surface area contributed by atoms with Crippen molar-refractivity contribution in [1.29, 1.82) is 0 Å². The first kappa shape index (κ1) is 16.8. The number of benzene rings is 1. The Balaban J connectivity index is 1.58. The number of rotatable bonds is 3. The highest BCUT2D eigenvalue weighted by Gasteiger charge is 2.41. The summed E-state index contributed by atoms with van der Waals surface area (Å²) in [5, 5.41) is 0.943. The van der Waals surface area contributed by atoms with Crippen LogP contribution in [0.3, 0.4) is 0 Å². The Morgan fingerprint density at radius 3 is 2.57 bits per heavy atom. The normalized spacial score (nSPS) is 21.4. The van der Waals surface area contributed by atoms with Crippen LogP contribution in [0.25, 0.3) is 0 Å². The van der Waals surface area contributed by atoms with E-state index in [0.717, 1.165) is 0 Å². The third-order valence-corrected chi connectivity index (χ3v) is 4.74. The molecule has 2 heterocycles. The van der Waals surface area contributed by atoms with E-state index in [1.165, 1.54) is 0 Å². The van der Waals surface area contributed by atoms with Crippen molar-refractivity contribution in [3.8, 4) is 5.75 Å². The standard InChI is InChI=1S/C16H19Cl2NO4/c1-11(23-14-10-12(17)2-3-13(14)18)15(20)19-6-4-16(5-7-19)21-8-9-22-16/h2-3,10-11H,4-9H2,1H3/t11-/m1/s1. The second-order valence-corrected chi connectivity index (χ2v) is 6.61. The summed E-state index contributed by atoms with van der Waals surface area (Å²) in [6.07, 6.45) is 0.734. The average Bonchev–Trinajstić information content (AvgIpc) is 2.99. The molecule has 1 spiro atoms. The summed E-state index contributed by atoms with van der Waals surface area (Å²) in [7, 11) is 0. The van der Waals surface area contributed by atoms with Gasteiger partial charge >= 0.3 is 0 Å². The molecule has 1 atom stereocenters. The van der Waals surface area contributed by atoms with Crippen LogP contribution in [-0.4, -0.2) is 49.0 Å². The summed E-state index contributed by atoms with van der Waals surface area (Å²) in [5.41, 5.74) is 0. The molecule has 0 aromatic heterocycles. The first-order chi connectivity index (χ1) is 11.0. The van der Waals surface area contributed by atoms with E-state index in [-0.39, 0.29) is 5.91 Å². The summed E-state index contributed by atoms with van der Waals surface area (Å²) < 4.78 is 17.0. The fourth-order valence-corrected chi connectivity index (χ4v) is 3.24. The van der Waals surface area contributed by atoms with Crippen molar-refractivity contribution < 1.29 is 19.0 Å². The molecule has 0 aliphatic carbocycles. The van der Waals surface area contributed by atoms with Crippen LogP contribution in [0.2, 0.25) is 10.0 Å². The van der Waals surface area contributed by atoms with Crippen LogP contribution in [0, 0.1) is 0 Å². The summed E-state index contributed by atoms with van der Waals surface area (Å²) in [4.78, 5) is 14.3. The van der Waals surface area contributed by atoms with E-state index in [2.05, 4.69) is 0 Å². The van der Waals surface area contributed by atoms with E-state index in [1.54, 1.807) is 30.0 Å². The van der Waals surface area contributed by atoms with Gasteiger partial charge in [-0.1, -0.05) is 23.2 Å². The minimum absolute atomic E-state index is 0.0751. The van der Waals surface area contributed by atoms with E-state index < -0.39 is 11.9 Å². The Hall–Kier alpha value is -1.01. The first-order valence-corrected chi connectivity index (χ1v) is 8.43. The number of piperidine rings is 1. The molecule has 7 heteroatoms. The molecule has 0 radical (unpaired) electrons. The van der Waals surface area contributed by atoms with Crippen molar-refractivity contribution in [3.05, 3.63) is 28.2 Å². The zero-order valence-corrected chi connectivity index (χ0v) is 14.4. The number of ether oxygens (including phenoxy) is 3. The molecule has 2 aliphatic rings. The van der Waals surface area contributed by atoms with Gasteiger partial charge in [0.1, 0.15) is 5.75 Å². The lowest BCUT2D eigenvalue weighted by Gasteiger charge is -2.38. The maximum absolute atomic E-state index is 12.5. The van der Waals surface area contributed by atoms with Crippen molar-refractivity contribution in [2.75, 3.05) is 26.3 Å². The van der Waals surface area contributed by atoms with Gasteiger partial charge in [0.2, 0.25) is 0 Å². The molecule has 0 unspecified atom stereocenters. The minimum atomic E-state index is -0.634. The van der Waals surface area contributed by atoms with Crippen LogP contribution in [-0.2, 0) is 14.3 Å². The van der Waals surface area contributed by atoms with Gasteiger partial charge < -0.3 is 19.1 Å². The molecule has 0 saturated carbocycles. The van der Waals surface area contributed by atoms with Gasteiger partial charge in [0.25, 0.3) is 5.91 Å². The number of carbonyl (C=O) groups is 1. The average molecular weight is 360 g/mol. The quantitative estimate of drug-likeness (QED) is 0.831. The molecule has 1 aromatic rings. The monoisotopic (exact) mass is 359 g/mol. The Bertz CT molecular complexity index is 579. The number of nitrogens with zero attached hydrogens (tertiary/aromatic N) is 1. The van der Waals surface area contributed by atoms with Crippen LogP contribution >= 0.6 is 23.2 Å². The molecule has 0 bridgehead atoms. The first-order valence-electron chi connectivity index (χ1n) is 7.67. The lowest BCUT2D eigenvalue weighted by molar-refractivity contribution is -0.188. The topological polar surface area (TPSA) is 48.0 Å². The number of hydrogen-bond acceptors (Lipinski definition) is 4. The molecule has 3 rings (SSSR count). The van der Waals surface area contributed by atoms with Crippen molar-refractivity contribution in [1.82, 2.24) is 4.90 Å². The number of halogens is 2. The lowest BCUT2D eigenvalue weighted by atomic mass is 10.0. The van der Waals surface area contributed by atoms with Crippen molar-refractivity contribution >= 4 is 29.1 Å². The van der Waals surface area contributed by atoms with E-state index in [1.807, 2.05) is 0 Å². The number of hydrogen-bond donors (Lipinski definition) is 0. The fourth-order valence-electron chi connectivity index (χ4n) is 2.92. The zero-order chi connectivity index (χ0) is 16.4. The van der Waals surface area contributed by atoms with Gasteiger partial charge in [-0.05, 0) is 19.1 Å². The van der Waals surface area contributed by atoms with Crippen molar-refractivity contribution in [2.45, 2.75) is 31.7 Å². The van der Waals surface area contributed by atoms with Crippen molar-refractivity contribution in [3.63, 3.8) is 0 Å². The molecule has 0 N–H and O–H groups in total. The lowest BCUT2D eigenvalue weighted by Crippen LogP contribution is -2.50. The second kappa shape index (κ2) is 6.85. The number of likely N-dealkylation sites (tertiary alicyclic amines) is 1. The van der Waals surface area contributed by atoms with Crippen LogP contribution < -0.4 is 4.74 Å². The molecular formula is C16H19Cl2NO4. The Labute approximate surface area is 145 Å². The second-order valence-electron chi connectivity index (χ2n) is 5.77. The smallest absolute Gasteiger partial charge is 0.263 e. The largest absolute Gasteiger partial charge is 0.479 e. The summed E-state index contributed by atoms with van der Waals surface area (Å²) in [6, 6.07) is 4.93. The third-order valence-electron chi connectivity index (χ3n) is 4.20. The predicted octanol–water partition coefficient (Wildman–Crippen LogP) is 3.13. The highest BCUT2D eigenvalue weighted by molar-refractivity contribution is 6.34. The van der Waals surface area contributed by atoms with E-state index in [4.69, 9.17) is 37.4 Å². The summed E-state index contributed by atoms with van der Waals surface area (Å²) >= 11 is 12.0. The molecule has 2 fully saturated rings. The Morgan fingerprint density at radius 1 is 1.26 bits per heavy atom. The Kier molecular flexibility index (Phi) is 5.01. The molecule has 126 valence electrons. The molecule has 1 aromatic carbocycles. The molecule has 23 heavy (non-hydrogen) atoms. The maximum atomic E-state index is 12.5. The molecule has 2 aliphatic heterocycles. The van der Waals surface area contributed by atoms with Gasteiger partial charge in [-0.2, -0.15) is 0 Å². The van der Waals surface area contributed by atoms with Crippen LogP contribution in [0.4, 0.5) is 0 Å². The molecule has 1 amide bonds. The Morgan fingerprint density at radius 2 is 1.91 bits per heavy atom. The van der Waals surface area contributed by atoms with Gasteiger partial charge in [-0.3, -0.25) is 4.79 Å². The van der Waals surface area contributed by atoms with E-state index in [9.17, 15) is 4.79 Å². The van der Waals surface area contributed by atoms with Gasteiger partial charge in [0, 0.05) is 37.0 Å². The highest BCUT2D eigenvalue weighted by atomic mass is 35.5. The van der Waals surface area contributed by atoms with Crippen molar-refractivity contribution in [2.24, 2.45) is 0 Å². The number of amides is 1. The predicted molar refractivity (Wildman–Crippen MR) is 87.0 cm³/mol. The van der Waals surface area contributed by atoms with Crippen LogP contribution in [0.5, 0.6) is 5.75 Å². The van der Waals surface area contributed by atoms with E-state index in [0.29, 0.717) is 54.9 Å². The van der Waals surface area contributed by atoms with Crippen LogP contribution in [0.1, 0.15) is 19.8 Å². The van der Waals surface area contributed by atoms with Crippen LogP contribution in [0.15, 0.2) is 18.2 Å². The molecule has 2 saturated heterocycles. The van der Waals surface area contributed by atoms with Gasteiger partial charge in [-0.15, -0.1) is 0 Å². The number of carbonyl (C=O) groups excluding carboxylic acids is 1. The highest BCUT2D eigenvalue weighted by Crippen LogP contribution is 2.32. The zero-order valence-electron chi connectivity index (χ0n) is 12.9. The van der Waals surface area contributed by atoms with Gasteiger partial charge in [0.05, 0.1) is 18.2 Å². The van der Waals surface area contributed by atoms with E-state index >= 15 is 0 Å². The summed E-state index contributed by atoms with van der Waals surface area (Å²) in [5.74, 6) is -0.151. The van der Waals surface area contributed by atoms with Gasteiger partial charge in [0.15, 0.2) is 11.9 Å². The van der Waals surface area contributed by atoms with Gasteiger partial charge in [-0.25, -0.2) is 0 Å². The maximum Gasteiger partial charge on any atom is 0.263 e. The fraction of sp³-hybridized carbons (Fsp3) is 0.562. The summed E-state index contributed by atoms with van der Waals surface area (Å²) in [6.45, 7) is 4.15. The molecule has 5 nitrogen and oxygen atoms in total. The molecular weight excluding hydrogens is 341 g/mol. The minimum Gasteiger partial charge on any atom is -0.479 e.